The number of aliphatic hydroxyl groups excluding tert-OH is 1. The number of nitrogens with one attached hydrogen (secondary N) is 1. The molecule has 3 aromatic carbocycles. The zero-order valence-electron chi connectivity index (χ0n) is 29.4. The summed E-state index contributed by atoms with van der Waals surface area (Å²) in [5.74, 6) is -0.693. The van der Waals surface area contributed by atoms with Gasteiger partial charge in [-0.2, -0.15) is 0 Å². The van der Waals surface area contributed by atoms with E-state index in [2.05, 4.69) is 9.62 Å². The molecule has 1 heterocycles. The number of ether oxygens (including phenoxy) is 3. The summed E-state index contributed by atoms with van der Waals surface area (Å²) in [4.78, 5) is 29.4. The Bertz CT molecular complexity index is 1680. The Morgan fingerprint density at radius 3 is 2.42 bits per heavy atom. The lowest BCUT2D eigenvalue weighted by atomic mass is 10.0. The largest absolute Gasteiger partial charge is 0.497 e. The van der Waals surface area contributed by atoms with Gasteiger partial charge in [-0.05, 0) is 100 Å². The number of rotatable bonds is 11. The molecule has 13 heteroatoms. The summed E-state index contributed by atoms with van der Waals surface area (Å²) in [5, 5.41) is 19.5. The smallest absolute Gasteiger partial charge is 0.335 e. The van der Waals surface area contributed by atoms with Gasteiger partial charge in [-0.1, -0.05) is 19.1 Å². The molecule has 1 aliphatic heterocycles. The fraction of sp³-hybridized carbons (Fsp3) is 0.459. The molecular weight excluding hydrogens is 662 g/mol. The van der Waals surface area contributed by atoms with Crippen molar-refractivity contribution in [2.75, 3.05) is 45.2 Å². The Hall–Kier alpha value is -4.17. The maximum atomic E-state index is 14.4. The van der Waals surface area contributed by atoms with Gasteiger partial charge in [0.15, 0.2) is 0 Å². The van der Waals surface area contributed by atoms with Gasteiger partial charge in [-0.25, -0.2) is 13.2 Å². The number of benzene rings is 3. The molecule has 0 aromatic heterocycles. The number of fused-ring (bicyclic) bond motifs is 1. The molecule has 272 valence electrons. The Kier molecular flexibility index (Phi) is 13.6. The van der Waals surface area contributed by atoms with Crippen molar-refractivity contribution in [2.45, 2.75) is 69.7 Å². The van der Waals surface area contributed by atoms with Gasteiger partial charge in [0.05, 0.1) is 48.0 Å². The van der Waals surface area contributed by atoms with Crippen LogP contribution in [0, 0.1) is 5.92 Å². The molecule has 1 amide bonds. The van der Waals surface area contributed by atoms with Gasteiger partial charge >= 0.3 is 5.97 Å². The van der Waals surface area contributed by atoms with Crippen molar-refractivity contribution in [3.8, 4) is 11.5 Å². The van der Waals surface area contributed by atoms with Crippen LogP contribution in [0.1, 0.15) is 66.3 Å². The van der Waals surface area contributed by atoms with Crippen LogP contribution in [-0.4, -0.2) is 99.0 Å². The predicted octanol–water partition coefficient (Wildman–Crippen LogP) is 5.12. The molecule has 3 N–H and O–H groups in total. The Morgan fingerprint density at radius 2 is 1.78 bits per heavy atom. The average Bonchev–Trinajstić information content (AvgIpc) is 3.09. The summed E-state index contributed by atoms with van der Waals surface area (Å²) in [6, 6.07) is 16.9. The molecule has 50 heavy (non-hydrogen) atoms. The van der Waals surface area contributed by atoms with Crippen LogP contribution in [0.3, 0.4) is 0 Å². The molecule has 0 bridgehead atoms. The number of hydrogen-bond acceptors (Lipinski definition) is 9. The standard InChI is InChI=1S/C37H49N3O9S/c1-25-21-40(26(2)24-41)36(42)33-20-30(38-50(45,46)32-16-14-31(47-5)15-17-32)13-18-34(33)49-27(3)8-6-7-19-48-35(25)23-39(4)22-28-9-11-29(12-10-28)37(43)44/h9-18,20,25-27,35,38,41H,6-8,19,21-24H2,1-5H3,(H,43,44)/t25-,26+,27+,35+/m1/s1. The first-order chi connectivity index (χ1) is 23.8. The highest BCUT2D eigenvalue weighted by Crippen LogP contribution is 2.30. The topological polar surface area (TPSA) is 155 Å². The van der Waals surface area contributed by atoms with E-state index in [9.17, 15) is 28.2 Å². The minimum atomic E-state index is -3.99. The van der Waals surface area contributed by atoms with Crippen molar-refractivity contribution in [3.05, 3.63) is 83.4 Å². The van der Waals surface area contributed by atoms with Crippen LogP contribution in [0.25, 0.3) is 0 Å². The maximum Gasteiger partial charge on any atom is 0.335 e. The third kappa shape index (κ3) is 10.4. The molecule has 4 atom stereocenters. The van der Waals surface area contributed by atoms with E-state index in [4.69, 9.17) is 14.2 Å². The van der Waals surface area contributed by atoms with Crippen molar-refractivity contribution >= 4 is 27.6 Å². The molecule has 0 saturated heterocycles. The van der Waals surface area contributed by atoms with E-state index in [1.54, 1.807) is 60.4 Å². The van der Waals surface area contributed by atoms with Gasteiger partial charge in [-0.3, -0.25) is 14.4 Å². The lowest BCUT2D eigenvalue weighted by Crippen LogP contribution is -2.47. The highest BCUT2D eigenvalue weighted by atomic mass is 32.2. The second-order valence-electron chi connectivity index (χ2n) is 13.0. The summed E-state index contributed by atoms with van der Waals surface area (Å²) >= 11 is 0. The number of methoxy groups -OCH3 is 1. The number of aliphatic hydroxyl groups is 1. The number of anilines is 1. The number of sulfonamides is 1. The van der Waals surface area contributed by atoms with Crippen molar-refractivity contribution in [1.29, 1.82) is 0 Å². The van der Waals surface area contributed by atoms with Crippen molar-refractivity contribution in [2.24, 2.45) is 5.92 Å². The van der Waals surface area contributed by atoms with Crippen LogP contribution >= 0.6 is 0 Å². The van der Waals surface area contributed by atoms with Gasteiger partial charge in [0, 0.05) is 37.8 Å². The van der Waals surface area contributed by atoms with E-state index < -0.39 is 27.9 Å². The molecule has 3 aromatic rings. The van der Waals surface area contributed by atoms with Gasteiger partial charge in [0.2, 0.25) is 0 Å². The van der Waals surface area contributed by atoms with Crippen LogP contribution in [0.2, 0.25) is 0 Å². The highest BCUT2D eigenvalue weighted by molar-refractivity contribution is 7.92. The van der Waals surface area contributed by atoms with Crippen LogP contribution < -0.4 is 14.2 Å². The summed E-state index contributed by atoms with van der Waals surface area (Å²) in [6.07, 6.45) is 1.87. The Balaban J connectivity index is 1.61. The number of aromatic carboxylic acids is 1. The first-order valence-electron chi connectivity index (χ1n) is 16.8. The molecule has 0 aliphatic carbocycles. The summed E-state index contributed by atoms with van der Waals surface area (Å²) < 4.78 is 47.0. The third-order valence-corrected chi connectivity index (χ3v) is 10.2. The van der Waals surface area contributed by atoms with Crippen LogP contribution in [0.15, 0.2) is 71.6 Å². The number of amides is 1. The maximum absolute atomic E-state index is 14.4. The summed E-state index contributed by atoms with van der Waals surface area (Å²) in [5.41, 5.74) is 1.55. The van der Waals surface area contributed by atoms with Crippen molar-refractivity contribution in [3.63, 3.8) is 0 Å². The molecule has 12 nitrogen and oxygen atoms in total. The molecule has 0 radical (unpaired) electrons. The number of carboxylic acid groups (broad SMARTS) is 1. The number of carbonyl (C=O) groups excluding carboxylic acids is 1. The lowest BCUT2D eigenvalue weighted by Gasteiger charge is -2.36. The molecule has 0 unspecified atom stereocenters. The van der Waals surface area contributed by atoms with Crippen LogP contribution in [-0.2, 0) is 21.3 Å². The minimum absolute atomic E-state index is 0.0345. The number of likely N-dealkylation sites (N-methyl/N-ethyl adjacent to an activating group) is 1. The second-order valence-corrected chi connectivity index (χ2v) is 14.7. The van der Waals surface area contributed by atoms with Crippen molar-refractivity contribution in [1.82, 2.24) is 9.80 Å². The Morgan fingerprint density at radius 1 is 1.08 bits per heavy atom. The van der Waals surface area contributed by atoms with Gasteiger partial charge < -0.3 is 29.3 Å². The Labute approximate surface area is 295 Å². The number of nitrogens with zero attached hydrogens (tertiary/aromatic N) is 2. The first-order valence-corrected chi connectivity index (χ1v) is 18.3. The van der Waals surface area contributed by atoms with Crippen LogP contribution in [0.4, 0.5) is 5.69 Å². The van der Waals surface area contributed by atoms with E-state index >= 15 is 0 Å². The normalized spacial score (nSPS) is 19.9. The van der Waals surface area contributed by atoms with Gasteiger partial charge in [-0.15, -0.1) is 0 Å². The fourth-order valence-electron chi connectivity index (χ4n) is 5.85. The van der Waals surface area contributed by atoms with E-state index in [1.165, 1.54) is 25.3 Å². The number of hydrogen-bond donors (Lipinski definition) is 3. The first kappa shape index (κ1) is 38.6. The number of carboxylic acids is 1. The molecule has 4 rings (SSSR count). The molecular formula is C37H49N3O9S. The SMILES string of the molecule is COc1ccc(S(=O)(=O)Nc2ccc3c(c2)C(=O)N([C@@H](C)CO)C[C@@H](C)[C@H](CN(C)Cc2ccc(C(=O)O)cc2)OCCCC[C@H](C)O3)cc1. The molecule has 1 aliphatic rings. The monoisotopic (exact) mass is 711 g/mol. The summed E-state index contributed by atoms with van der Waals surface area (Å²) in [6.45, 7) is 7.31. The third-order valence-electron chi connectivity index (χ3n) is 8.82. The minimum Gasteiger partial charge on any atom is -0.497 e. The fourth-order valence-corrected chi connectivity index (χ4v) is 6.90. The van der Waals surface area contributed by atoms with Crippen molar-refractivity contribution < 1.29 is 42.4 Å². The molecule has 0 fully saturated rings. The zero-order chi connectivity index (χ0) is 36.4. The molecule has 0 saturated carbocycles. The van der Waals surface area contributed by atoms with Gasteiger partial charge in [0.25, 0.3) is 15.9 Å². The summed E-state index contributed by atoms with van der Waals surface area (Å²) in [7, 11) is -0.527. The van der Waals surface area contributed by atoms with E-state index in [1.807, 2.05) is 20.9 Å². The predicted molar refractivity (Wildman–Crippen MR) is 190 cm³/mol. The average molecular weight is 712 g/mol. The quantitative estimate of drug-likeness (QED) is 0.244. The number of carbonyl (C=O) groups is 2. The highest BCUT2D eigenvalue weighted by Gasteiger charge is 2.31. The van der Waals surface area contributed by atoms with E-state index in [0.717, 1.165) is 18.4 Å². The van der Waals surface area contributed by atoms with Gasteiger partial charge in [0.1, 0.15) is 11.5 Å². The van der Waals surface area contributed by atoms with E-state index in [-0.39, 0.29) is 53.0 Å². The second kappa shape index (κ2) is 17.7. The van der Waals surface area contributed by atoms with E-state index in [0.29, 0.717) is 37.6 Å². The van der Waals surface area contributed by atoms with Crippen LogP contribution in [0.5, 0.6) is 11.5 Å². The lowest BCUT2D eigenvalue weighted by molar-refractivity contribution is -0.0177. The molecule has 0 spiro atoms. The zero-order valence-corrected chi connectivity index (χ0v) is 30.2.